The van der Waals surface area contributed by atoms with Gasteiger partial charge < -0.3 is 14.4 Å². The highest BCUT2D eigenvalue weighted by Gasteiger charge is 2.43. The molecule has 80 valence electrons. The first-order chi connectivity index (χ1) is 7.18. The summed E-state index contributed by atoms with van der Waals surface area (Å²) < 4.78 is 10.6. The van der Waals surface area contributed by atoms with Gasteiger partial charge in [-0.1, -0.05) is 30.3 Å². The number of benzene rings is 1. The molecule has 3 nitrogen and oxygen atoms in total. The maximum Gasteiger partial charge on any atom is 0.491 e. The zero-order chi connectivity index (χ0) is 10.7. The van der Waals surface area contributed by atoms with Crippen molar-refractivity contribution < 1.29 is 14.4 Å². The van der Waals surface area contributed by atoms with Crippen LogP contribution in [0.5, 0.6) is 0 Å². The Morgan fingerprint density at radius 3 is 2.47 bits per heavy atom. The molecule has 1 heterocycles. The van der Waals surface area contributed by atoms with Gasteiger partial charge >= 0.3 is 7.12 Å². The topological polar surface area (TPSA) is 38.7 Å². The van der Waals surface area contributed by atoms with Crippen LogP contribution in [0.1, 0.15) is 12.5 Å². The van der Waals surface area contributed by atoms with Gasteiger partial charge in [0, 0.05) is 0 Å². The molecule has 0 amide bonds. The van der Waals surface area contributed by atoms with E-state index in [1.807, 2.05) is 30.3 Å². The van der Waals surface area contributed by atoms with E-state index >= 15 is 0 Å². The van der Waals surface area contributed by atoms with E-state index < -0.39 is 12.6 Å². The van der Waals surface area contributed by atoms with Crippen molar-refractivity contribution in [2.75, 3.05) is 13.2 Å². The molecule has 0 aliphatic carbocycles. The molecule has 1 aliphatic rings. The van der Waals surface area contributed by atoms with Crippen LogP contribution < -0.4 is 0 Å². The van der Waals surface area contributed by atoms with E-state index in [1.165, 1.54) is 0 Å². The molecule has 1 aromatic carbocycles. The first-order valence-corrected chi connectivity index (χ1v) is 5.18. The number of aliphatic hydroxyl groups is 1. The Balaban J connectivity index is 2.03. The summed E-state index contributed by atoms with van der Waals surface area (Å²) in [6.45, 7) is 2.88. The quantitative estimate of drug-likeness (QED) is 0.751. The fourth-order valence-corrected chi connectivity index (χ4v) is 1.81. The smallest absolute Gasteiger partial charge is 0.407 e. The molecule has 0 saturated carbocycles. The van der Waals surface area contributed by atoms with Crippen LogP contribution in [-0.4, -0.2) is 30.9 Å². The van der Waals surface area contributed by atoms with Gasteiger partial charge in [0.2, 0.25) is 0 Å². The molecule has 0 radical (unpaired) electrons. The van der Waals surface area contributed by atoms with Crippen LogP contribution in [0.4, 0.5) is 0 Å². The van der Waals surface area contributed by atoms with Gasteiger partial charge in [0.1, 0.15) is 5.50 Å². The van der Waals surface area contributed by atoms with Crippen molar-refractivity contribution in [3.63, 3.8) is 0 Å². The highest BCUT2D eigenvalue weighted by molar-refractivity contribution is 6.48. The third-order valence-electron chi connectivity index (χ3n) is 2.53. The minimum Gasteiger partial charge on any atom is -0.407 e. The summed E-state index contributed by atoms with van der Waals surface area (Å²) in [5.74, 6) is 0. The number of hydrogen-bond acceptors (Lipinski definition) is 3. The molecular formula is C11H15BO3. The molecule has 1 atom stereocenters. The molecule has 1 fully saturated rings. The second-order valence-corrected chi connectivity index (χ2v) is 4.09. The summed E-state index contributed by atoms with van der Waals surface area (Å²) in [6.07, 6.45) is 0.540. The molecule has 1 N–H and O–H groups in total. The number of hydrogen-bond donors (Lipinski definition) is 1. The molecule has 1 saturated heterocycles. The second kappa shape index (κ2) is 4.35. The van der Waals surface area contributed by atoms with Crippen LogP contribution >= 0.6 is 0 Å². The molecule has 1 aliphatic heterocycles. The molecule has 1 unspecified atom stereocenters. The van der Waals surface area contributed by atoms with Crippen molar-refractivity contribution >= 4 is 7.12 Å². The van der Waals surface area contributed by atoms with Gasteiger partial charge in [-0.25, -0.2) is 0 Å². The fraction of sp³-hybridized carbons (Fsp3) is 0.455. The van der Waals surface area contributed by atoms with Gasteiger partial charge in [-0.2, -0.15) is 0 Å². The Labute approximate surface area is 90.2 Å². The average Bonchev–Trinajstić information content (AvgIpc) is 2.71. The SMILES string of the molecule is CC(O)(Cc1ccccc1)B1OCCO1. The van der Waals surface area contributed by atoms with Crippen LogP contribution in [0.2, 0.25) is 0 Å². The Bertz CT molecular complexity index is 307. The van der Waals surface area contributed by atoms with Crippen LogP contribution in [0.25, 0.3) is 0 Å². The third-order valence-corrected chi connectivity index (χ3v) is 2.53. The lowest BCUT2D eigenvalue weighted by atomic mass is 9.66. The van der Waals surface area contributed by atoms with Crippen LogP contribution in [0.3, 0.4) is 0 Å². The van der Waals surface area contributed by atoms with Gasteiger partial charge in [-0.05, 0) is 18.9 Å². The minimum absolute atomic E-state index is 0.502. The average molecular weight is 206 g/mol. The zero-order valence-corrected chi connectivity index (χ0v) is 8.85. The Kier molecular flexibility index (Phi) is 3.10. The van der Waals surface area contributed by atoms with Gasteiger partial charge in [-0.15, -0.1) is 0 Å². The predicted octanol–water partition coefficient (Wildman–Crippen LogP) is 1.05. The normalized spacial score (nSPS) is 20.3. The second-order valence-electron chi connectivity index (χ2n) is 4.09. The lowest BCUT2D eigenvalue weighted by Gasteiger charge is -2.24. The molecule has 0 bridgehead atoms. The van der Waals surface area contributed by atoms with Crippen molar-refractivity contribution in [3.8, 4) is 0 Å². The fourth-order valence-electron chi connectivity index (χ4n) is 1.81. The molecule has 1 aromatic rings. The van der Waals surface area contributed by atoms with Crippen LogP contribution in [-0.2, 0) is 15.7 Å². The van der Waals surface area contributed by atoms with Crippen molar-refractivity contribution in [2.24, 2.45) is 0 Å². The van der Waals surface area contributed by atoms with E-state index in [4.69, 9.17) is 9.31 Å². The molecule has 0 spiro atoms. The van der Waals surface area contributed by atoms with Gasteiger partial charge in [0.05, 0.1) is 13.2 Å². The van der Waals surface area contributed by atoms with E-state index in [-0.39, 0.29) is 0 Å². The van der Waals surface area contributed by atoms with E-state index in [0.29, 0.717) is 19.6 Å². The zero-order valence-electron chi connectivity index (χ0n) is 8.85. The summed E-state index contributed by atoms with van der Waals surface area (Å²) in [7, 11) is -0.502. The first-order valence-electron chi connectivity index (χ1n) is 5.18. The van der Waals surface area contributed by atoms with E-state index in [2.05, 4.69) is 0 Å². The highest BCUT2D eigenvalue weighted by Crippen LogP contribution is 2.20. The van der Waals surface area contributed by atoms with E-state index in [1.54, 1.807) is 6.92 Å². The molecule has 0 aromatic heterocycles. The predicted molar refractivity (Wildman–Crippen MR) is 58.4 cm³/mol. The monoisotopic (exact) mass is 206 g/mol. The maximum atomic E-state index is 10.2. The molecule has 4 heteroatoms. The Morgan fingerprint density at radius 2 is 1.87 bits per heavy atom. The van der Waals surface area contributed by atoms with E-state index in [9.17, 15) is 5.11 Å². The highest BCUT2D eigenvalue weighted by atomic mass is 16.6. The molecule has 15 heavy (non-hydrogen) atoms. The van der Waals surface area contributed by atoms with Gasteiger partial charge in [0.15, 0.2) is 0 Å². The van der Waals surface area contributed by atoms with E-state index in [0.717, 1.165) is 5.56 Å². The van der Waals surface area contributed by atoms with Crippen LogP contribution in [0.15, 0.2) is 30.3 Å². The standard InChI is InChI=1S/C11H15BO3/c1-11(13,12-14-7-8-15-12)9-10-5-3-2-4-6-10/h2-6,13H,7-9H2,1H3. The largest absolute Gasteiger partial charge is 0.491 e. The first kappa shape index (κ1) is 10.7. The van der Waals surface area contributed by atoms with Gasteiger partial charge in [0.25, 0.3) is 0 Å². The lowest BCUT2D eigenvalue weighted by Crippen LogP contribution is -2.46. The Morgan fingerprint density at radius 1 is 1.27 bits per heavy atom. The Hall–Kier alpha value is -0.835. The molecular weight excluding hydrogens is 191 g/mol. The summed E-state index contributed by atoms with van der Waals surface area (Å²) in [5.41, 5.74) is 0.124. The third kappa shape index (κ3) is 2.59. The summed E-state index contributed by atoms with van der Waals surface area (Å²) in [4.78, 5) is 0. The van der Waals surface area contributed by atoms with Crippen molar-refractivity contribution in [3.05, 3.63) is 35.9 Å². The lowest BCUT2D eigenvalue weighted by molar-refractivity contribution is 0.0992. The van der Waals surface area contributed by atoms with Crippen LogP contribution in [0, 0.1) is 0 Å². The van der Waals surface area contributed by atoms with Crippen molar-refractivity contribution in [1.29, 1.82) is 0 Å². The molecule has 2 rings (SSSR count). The maximum absolute atomic E-state index is 10.2. The number of rotatable bonds is 3. The van der Waals surface area contributed by atoms with Crippen molar-refractivity contribution in [1.82, 2.24) is 0 Å². The van der Waals surface area contributed by atoms with Crippen molar-refractivity contribution in [2.45, 2.75) is 18.8 Å². The summed E-state index contributed by atoms with van der Waals surface area (Å²) in [6, 6.07) is 9.86. The summed E-state index contributed by atoms with van der Waals surface area (Å²) >= 11 is 0. The minimum atomic E-state index is -0.960. The van der Waals surface area contributed by atoms with Gasteiger partial charge in [-0.3, -0.25) is 0 Å². The summed E-state index contributed by atoms with van der Waals surface area (Å²) in [5, 5.41) is 10.2.